The third-order valence-corrected chi connectivity index (χ3v) is 5.14. The SMILES string of the molecule is CSc1ccc(N)c2cc(CBr)sc12. The molecule has 0 amide bonds. The lowest BCUT2D eigenvalue weighted by atomic mass is 10.2. The van der Waals surface area contributed by atoms with E-state index in [0.29, 0.717) is 0 Å². The molecule has 2 N–H and O–H groups in total. The van der Waals surface area contributed by atoms with Crippen LogP contribution in [-0.4, -0.2) is 6.26 Å². The first-order chi connectivity index (χ1) is 6.76. The van der Waals surface area contributed by atoms with Gasteiger partial charge in [0.05, 0.1) is 4.70 Å². The number of thiophene rings is 1. The summed E-state index contributed by atoms with van der Waals surface area (Å²) in [5, 5.41) is 2.09. The van der Waals surface area contributed by atoms with Crippen LogP contribution in [0.2, 0.25) is 0 Å². The lowest BCUT2D eigenvalue weighted by molar-refractivity contribution is 1.58. The Hall–Kier alpha value is -0.190. The zero-order valence-corrected chi connectivity index (χ0v) is 10.9. The molecule has 1 heterocycles. The Balaban J connectivity index is 2.74. The van der Waals surface area contributed by atoms with Crippen molar-refractivity contribution in [2.24, 2.45) is 0 Å². The molecule has 0 aliphatic heterocycles. The molecule has 74 valence electrons. The highest BCUT2D eigenvalue weighted by Gasteiger charge is 2.07. The summed E-state index contributed by atoms with van der Waals surface area (Å²) < 4.78 is 1.31. The summed E-state index contributed by atoms with van der Waals surface area (Å²) in [6.45, 7) is 0. The van der Waals surface area contributed by atoms with Gasteiger partial charge in [0, 0.05) is 26.2 Å². The van der Waals surface area contributed by atoms with Crippen LogP contribution in [0.15, 0.2) is 23.1 Å². The van der Waals surface area contributed by atoms with Crippen LogP contribution in [0.25, 0.3) is 10.1 Å². The van der Waals surface area contributed by atoms with Crippen molar-refractivity contribution in [3.8, 4) is 0 Å². The number of fused-ring (bicyclic) bond motifs is 1. The number of rotatable bonds is 2. The second-order valence-corrected chi connectivity index (χ2v) is 5.49. The third-order valence-electron chi connectivity index (χ3n) is 2.08. The van der Waals surface area contributed by atoms with Crippen LogP contribution in [0.1, 0.15) is 4.88 Å². The number of alkyl halides is 1. The monoisotopic (exact) mass is 287 g/mol. The predicted octanol–water partition coefficient (Wildman–Crippen LogP) is 4.10. The lowest BCUT2D eigenvalue weighted by Crippen LogP contribution is -1.84. The summed E-state index contributed by atoms with van der Waals surface area (Å²) in [4.78, 5) is 2.64. The van der Waals surface area contributed by atoms with E-state index in [1.54, 1.807) is 11.8 Å². The number of nitrogens with two attached hydrogens (primary N) is 1. The maximum atomic E-state index is 5.93. The van der Waals surface area contributed by atoms with E-state index < -0.39 is 0 Å². The van der Waals surface area contributed by atoms with Gasteiger partial charge in [0.2, 0.25) is 0 Å². The van der Waals surface area contributed by atoms with Gasteiger partial charge in [-0.25, -0.2) is 0 Å². The van der Waals surface area contributed by atoms with Crippen molar-refractivity contribution in [1.29, 1.82) is 0 Å². The Morgan fingerprint density at radius 3 is 2.93 bits per heavy atom. The molecule has 0 aliphatic rings. The summed E-state index contributed by atoms with van der Waals surface area (Å²) in [7, 11) is 0. The van der Waals surface area contributed by atoms with Crippen molar-refractivity contribution in [3.05, 3.63) is 23.1 Å². The highest BCUT2D eigenvalue weighted by Crippen LogP contribution is 2.37. The van der Waals surface area contributed by atoms with Crippen molar-refractivity contribution in [3.63, 3.8) is 0 Å². The van der Waals surface area contributed by atoms with Gasteiger partial charge in [0.1, 0.15) is 0 Å². The van der Waals surface area contributed by atoms with Crippen molar-refractivity contribution in [1.82, 2.24) is 0 Å². The van der Waals surface area contributed by atoms with Gasteiger partial charge in [-0.2, -0.15) is 0 Å². The Bertz CT molecular complexity index is 464. The Kier molecular flexibility index (Phi) is 3.04. The quantitative estimate of drug-likeness (QED) is 0.511. The van der Waals surface area contributed by atoms with Gasteiger partial charge in [-0.05, 0) is 24.5 Å². The molecule has 0 aliphatic carbocycles. The van der Waals surface area contributed by atoms with Crippen LogP contribution < -0.4 is 5.73 Å². The minimum absolute atomic E-state index is 0.876. The molecular formula is C10H10BrNS2. The summed E-state index contributed by atoms with van der Waals surface area (Å²) in [6.07, 6.45) is 2.10. The summed E-state index contributed by atoms with van der Waals surface area (Å²) in [6, 6.07) is 6.25. The van der Waals surface area contributed by atoms with Gasteiger partial charge in [-0.1, -0.05) is 15.9 Å². The van der Waals surface area contributed by atoms with Gasteiger partial charge in [0.25, 0.3) is 0 Å². The molecule has 0 radical (unpaired) electrons. The molecule has 1 aromatic heterocycles. The van der Waals surface area contributed by atoms with E-state index in [1.807, 2.05) is 17.4 Å². The average Bonchev–Trinajstić information content (AvgIpc) is 2.63. The fraction of sp³-hybridized carbons (Fsp3) is 0.200. The van der Waals surface area contributed by atoms with Gasteiger partial charge in [-0.15, -0.1) is 23.1 Å². The second-order valence-electron chi connectivity index (χ2n) is 2.95. The number of benzene rings is 1. The first-order valence-corrected chi connectivity index (χ1v) is 7.33. The number of halogens is 1. The minimum atomic E-state index is 0.876. The molecular weight excluding hydrogens is 278 g/mol. The van der Waals surface area contributed by atoms with E-state index in [4.69, 9.17) is 5.73 Å². The largest absolute Gasteiger partial charge is 0.398 e. The highest BCUT2D eigenvalue weighted by molar-refractivity contribution is 9.08. The van der Waals surface area contributed by atoms with Crippen LogP contribution >= 0.6 is 39.0 Å². The first kappa shape index (κ1) is 10.3. The summed E-state index contributed by atoms with van der Waals surface area (Å²) in [5.41, 5.74) is 6.81. The minimum Gasteiger partial charge on any atom is -0.398 e. The zero-order valence-electron chi connectivity index (χ0n) is 7.71. The molecule has 0 bridgehead atoms. The van der Waals surface area contributed by atoms with Crippen LogP contribution in [-0.2, 0) is 5.33 Å². The molecule has 0 saturated carbocycles. The molecule has 0 unspecified atom stereocenters. The summed E-state index contributed by atoms with van der Waals surface area (Å²) in [5.74, 6) is 0. The fourth-order valence-corrected chi connectivity index (χ4v) is 3.73. The van der Waals surface area contributed by atoms with Crippen molar-refractivity contribution in [2.75, 3.05) is 12.0 Å². The molecule has 1 nitrogen and oxygen atoms in total. The number of anilines is 1. The van der Waals surface area contributed by atoms with Crippen molar-refractivity contribution < 1.29 is 0 Å². The number of thioether (sulfide) groups is 1. The van der Waals surface area contributed by atoms with Gasteiger partial charge in [-0.3, -0.25) is 0 Å². The molecule has 2 aromatic rings. The average molecular weight is 288 g/mol. The first-order valence-electron chi connectivity index (χ1n) is 4.17. The molecule has 1 aromatic carbocycles. The maximum absolute atomic E-state index is 5.93. The fourth-order valence-electron chi connectivity index (χ4n) is 1.40. The Labute approximate surface area is 99.8 Å². The Morgan fingerprint density at radius 1 is 1.50 bits per heavy atom. The molecule has 0 spiro atoms. The van der Waals surface area contributed by atoms with E-state index in [0.717, 1.165) is 11.0 Å². The van der Waals surface area contributed by atoms with Gasteiger partial charge in [0.15, 0.2) is 0 Å². The normalized spacial score (nSPS) is 11.0. The zero-order chi connectivity index (χ0) is 10.1. The van der Waals surface area contributed by atoms with E-state index in [-0.39, 0.29) is 0 Å². The van der Waals surface area contributed by atoms with Crippen LogP contribution in [0.3, 0.4) is 0 Å². The highest BCUT2D eigenvalue weighted by atomic mass is 79.9. The van der Waals surface area contributed by atoms with Crippen LogP contribution in [0.5, 0.6) is 0 Å². The molecule has 0 fully saturated rings. The number of hydrogen-bond acceptors (Lipinski definition) is 3. The topological polar surface area (TPSA) is 26.0 Å². The molecule has 2 rings (SSSR count). The lowest BCUT2D eigenvalue weighted by Gasteiger charge is -2.00. The molecule has 14 heavy (non-hydrogen) atoms. The van der Waals surface area contributed by atoms with E-state index in [9.17, 15) is 0 Å². The second kappa shape index (κ2) is 4.13. The third kappa shape index (κ3) is 1.66. The smallest absolute Gasteiger partial charge is 0.0502 e. The van der Waals surface area contributed by atoms with Gasteiger partial charge >= 0.3 is 0 Å². The molecule has 0 saturated heterocycles. The standard InChI is InChI=1S/C10H10BrNS2/c1-13-9-3-2-8(12)7-4-6(5-11)14-10(7)9/h2-4H,5,12H2,1H3. The number of nitrogen functional groups attached to an aromatic ring is 1. The van der Waals surface area contributed by atoms with Crippen LogP contribution in [0, 0.1) is 0 Å². The summed E-state index contributed by atoms with van der Waals surface area (Å²) >= 11 is 7.05. The predicted molar refractivity (Wildman–Crippen MR) is 70.6 cm³/mol. The Morgan fingerprint density at radius 2 is 2.29 bits per heavy atom. The van der Waals surface area contributed by atoms with Gasteiger partial charge < -0.3 is 5.73 Å². The van der Waals surface area contributed by atoms with E-state index in [2.05, 4.69) is 34.3 Å². The maximum Gasteiger partial charge on any atom is 0.0502 e. The van der Waals surface area contributed by atoms with Crippen molar-refractivity contribution >= 4 is 54.8 Å². The van der Waals surface area contributed by atoms with E-state index in [1.165, 1.54) is 19.9 Å². The molecule has 0 atom stereocenters. The van der Waals surface area contributed by atoms with Crippen molar-refractivity contribution in [2.45, 2.75) is 10.2 Å². The number of hydrogen-bond donors (Lipinski definition) is 1. The van der Waals surface area contributed by atoms with Crippen LogP contribution in [0.4, 0.5) is 5.69 Å². The molecule has 4 heteroatoms. The van der Waals surface area contributed by atoms with E-state index >= 15 is 0 Å².